The SMILES string of the molecule is CCCC1SCC(C(=O)O)N1C(=O)c1oc(C)nc1C. The van der Waals surface area contributed by atoms with Gasteiger partial charge in [0.15, 0.2) is 5.89 Å². The van der Waals surface area contributed by atoms with Crippen molar-refractivity contribution in [2.24, 2.45) is 0 Å². The summed E-state index contributed by atoms with van der Waals surface area (Å²) in [6.45, 7) is 5.37. The third kappa shape index (κ3) is 2.67. The fourth-order valence-corrected chi connectivity index (χ4v) is 3.86. The fourth-order valence-electron chi connectivity index (χ4n) is 2.34. The van der Waals surface area contributed by atoms with E-state index in [0.29, 0.717) is 17.3 Å². The number of aryl methyl sites for hydroxylation is 2. The van der Waals surface area contributed by atoms with Gasteiger partial charge in [-0.15, -0.1) is 11.8 Å². The molecule has 2 atom stereocenters. The minimum Gasteiger partial charge on any atom is -0.480 e. The van der Waals surface area contributed by atoms with Crippen LogP contribution in [0.25, 0.3) is 0 Å². The zero-order valence-corrected chi connectivity index (χ0v) is 12.6. The first kappa shape index (κ1) is 14.9. The Kier molecular flexibility index (Phi) is 4.37. The number of hydrogen-bond donors (Lipinski definition) is 1. The van der Waals surface area contributed by atoms with Gasteiger partial charge in [0.2, 0.25) is 5.76 Å². The number of rotatable bonds is 4. The maximum atomic E-state index is 12.6. The molecule has 0 saturated carbocycles. The second kappa shape index (κ2) is 5.87. The minimum absolute atomic E-state index is 0.113. The quantitative estimate of drug-likeness (QED) is 0.916. The van der Waals surface area contributed by atoms with Crippen LogP contribution in [-0.2, 0) is 4.79 Å². The lowest BCUT2D eigenvalue weighted by molar-refractivity contribution is -0.141. The molecule has 20 heavy (non-hydrogen) atoms. The molecule has 1 aliphatic heterocycles. The molecule has 110 valence electrons. The zero-order chi connectivity index (χ0) is 14.9. The van der Waals surface area contributed by atoms with E-state index >= 15 is 0 Å². The molecular formula is C13H18N2O4S. The van der Waals surface area contributed by atoms with Crippen molar-refractivity contribution in [1.82, 2.24) is 9.88 Å². The standard InChI is InChI=1S/C13H18N2O4S/c1-4-5-10-15(9(6-20-10)13(17)18)12(16)11-7(2)14-8(3)19-11/h9-10H,4-6H2,1-3H3,(H,17,18). The maximum Gasteiger partial charge on any atom is 0.327 e. The summed E-state index contributed by atoms with van der Waals surface area (Å²) >= 11 is 1.51. The number of amides is 1. The smallest absolute Gasteiger partial charge is 0.327 e. The predicted molar refractivity (Wildman–Crippen MR) is 74.7 cm³/mol. The average Bonchev–Trinajstić information content (AvgIpc) is 2.92. The Morgan fingerprint density at radius 3 is 2.70 bits per heavy atom. The molecule has 0 aromatic carbocycles. The molecule has 6 nitrogen and oxygen atoms in total. The lowest BCUT2D eigenvalue weighted by Gasteiger charge is -2.26. The maximum absolute atomic E-state index is 12.6. The van der Waals surface area contributed by atoms with Crippen molar-refractivity contribution >= 4 is 23.6 Å². The summed E-state index contributed by atoms with van der Waals surface area (Å²) in [4.78, 5) is 29.4. The molecule has 1 aromatic rings. The number of aliphatic carboxylic acids is 1. The summed E-state index contributed by atoms with van der Waals surface area (Å²) in [7, 11) is 0. The van der Waals surface area contributed by atoms with Gasteiger partial charge in [0.05, 0.1) is 11.1 Å². The number of carboxylic acids is 1. The molecule has 0 bridgehead atoms. The van der Waals surface area contributed by atoms with Crippen LogP contribution in [0.4, 0.5) is 0 Å². The molecule has 1 fully saturated rings. The van der Waals surface area contributed by atoms with E-state index in [1.807, 2.05) is 6.92 Å². The number of hydrogen-bond acceptors (Lipinski definition) is 5. The molecule has 0 spiro atoms. The number of aromatic nitrogens is 1. The lowest BCUT2D eigenvalue weighted by Crippen LogP contribution is -2.45. The summed E-state index contributed by atoms with van der Waals surface area (Å²) in [5, 5.41) is 9.17. The van der Waals surface area contributed by atoms with E-state index in [2.05, 4.69) is 4.98 Å². The van der Waals surface area contributed by atoms with Crippen molar-refractivity contribution < 1.29 is 19.1 Å². The Labute approximate surface area is 121 Å². The third-order valence-electron chi connectivity index (χ3n) is 3.25. The van der Waals surface area contributed by atoms with E-state index < -0.39 is 12.0 Å². The van der Waals surface area contributed by atoms with E-state index in [-0.39, 0.29) is 17.0 Å². The Bertz CT molecular complexity index is 528. The average molecular weight is 298 g/mol. The second-order valence-corrected chi connectivity index (χ2v) is 6.00. The largest absolute Gasteiger partial charge is 0.480 e. The van der Waals surface area contributed by atoms with Crippen LogP contribution in [0, 0.1) is 13.8 Å². The van der Waals surface area contributed by atoms with Crippen molar-refractivity contribution in [3.63, 3.8) is 0 Å². The van der Waals surface area contributed by atoms with Gasteiger partial charge in [0.25, 0.3) is 5.91 Å². The second-order valence-electron chi connectivity index (χ2n) is 4.79. The van der Waals surface area contributed by atoms with Gasteiger partial charge < -0.3 is 14.4 Å². The van der Waals surface area contributed by atoms with E-state index in [1.165, 1.54) is 16.7 Å². The highest BCUT2D eigenvalue weighted by Crippen LogP contribution is 2.34. The van der Waals surface area contributed by atoms with Crippen molar-refractivity contribution in [2.75, 3.05) is 5.75 Å². The Hall–Kier alpha value is -1.50. The number of thioether (sulfide) groups is 1. The highest BCUT2D eigenvalue weighted by molar-refractivity contribution is 8.00. The van der Waals surface area contributed by atoms with E-state index in [0.717, 1.165) is 12.8 Å². The van der Waals surface area contributed by atoms with Gasteiger partial charge in [0, 0.05) is 12.7 Å². The van der Waals surface area contributed by atoms with Gasteiger partial charge in [-0.25, -0.2) is 9.78 Å². The number of oxazole rings is 1. The van der Waals surface area contributed by atoms with Crippen LogP contribution < -0.4 is 0 Å². The summed E-state index contributed by atoms with van der Waals surface area (Å²) in [5.41, 5.74) is 0.504. The van der Waals surface area contributed by atoms with Crippen molar-refractivity contribution in [3.05, 3.63) is 17.3 Å². The first-order valence-electron chi connectivity index (χ1n) is 6.56. The lowest BCUT2D eigenvalue weighted by atomic mass is 10.2. The van der Waals surface area contributed by atoms with Crippen molar-refractivity contribution in [1.29, 1.82) is 0 Å². The van der Waals surface area contributed by atoms with E-state index in [4.69, 9.17) is 4.42 Å². The number of carbonyl (C=O) groups is 2. The van der Waals surface area contributed by atoms with Crippen LogP contribution in [-0.4, -0.2) is 44.0 Å². The van der Waals surface area contributed by atoms with E-state index in [9.17, 15) is 14.7 Å². The number of carbonyl (C=O) groups excluding carboxylic acids is 1. The monoisotopic (exact) mass is 298 g/mol. The highest BCUT2D eigenvalue weighted by atomic mass is 32.2. The van der Waals surface area contributed by atoms with Gasteiger partial charge in [-0.1, -0.05) is 13.3 Å². The molecule has 7 heteroatoms. The molecule has 1 aliphatic rings. The van der Waals surface area contributed by atoms with Gasteiger partial charge >= 0.3 is 5.97 Å². The van der Waals surface area contributed by atoms with Gasteiger partial charge in [0.1, 0.15) is 6.04 Å². The Balaban J connectivity index is 2.31. The molecule has 2 heterocycles. The van der Waals surface area contributed by atoms with Crippen LogP contribution in [0.5, 0.6) is 0 Å². The Morgan fingerprint density at radius 1 is 1.50 bits per heavy atom. The van der Waals surface area contributed by atoms with Crippen LogP contribution in [0.1, 0.15) is 41.9 Å². The molecule has 1 aromatic heterocycles. The van der Waals surface area contributed by atoms with Crippen LogP contribution in [0.15, 0.2) is 4.42 Å². The Morgan fingerprint density at radius 2 is 2.20 bits per heavy atom. The van der Waals surface area contributed by atoms with Gasteiger partial charge in [-0.05, 0) is 13.3 Å². The first-order chi connectivity index (χ1) is 9.45. The molecule has 1 saturated heterocycles. The molecule has 0 aliphatic carbocycles. The third-order valence-corrected chi connectivity index (χ3v) is 4.60. The first-order valence-corrected chi connectivity index (χ1v) is 7.61. The number of carboxylic acid groups (broad SMARTS) is 1. The van der Waals surface area contributed by atoms with Gasteiger partial charge in [-0.3, -0.25) is 4.79 Å². The molecule has 1 amide bonds. The molecule has 0 radical (unpaired) electrons. The van der Waals surface area contributed by atoms with E-state index in [1.54, 1.807) is 13.8 Å². The molecular weight excluding hydrogens is 280 g/mol. The summed E-state index contributed by atoms with van der Waals surface area (Å²) in [6.07, 6.45) is 1.66. The summed E-state index contributed by atoms with van der Waals surface area (Å²) in [6, 6.07) is -0.797. The van der Waals surface area contributed by atoms with Crippen LogP contribution >= 0.6 is 11.8 Å². The molecule has 2 rings (SSSR count). The van der Waals surface area contributed by atoms with Crippen LogP contribution in [0.2, 0.25) is 0 Å². The minimum atomic E-state index is -0.974. The van der Waals surface area contributed by atoms with Gasteiger partial charge in [-0.2, -0.15) is 0 Å². The van der Waals surface area contributed by atoms with Crippen molar-refractivity contribution in [2.45, 2.75) is 45.0 Å². The summed E-state index contributed by atoms with van der Waals surface area (Å²) < 4.78 is 5.34. The topological polar surface area (TPSA) is 83.6 Å². The summed E-state index contributed by atoms with van der Waals surface area (Å²) in [5.74, 6) is -0.371. The fraction of sp³-hybridized carbons (Fsp3) is 0.615. The zero-order valence-electron chi connectivity index (χ0n) is 11.8. The van der Waals surface area contributed by atoms with Crippen molar-refractivity contribution in [3.8, 4) is 0 Å². The van der Waals surface area contributed by atoms with Crippen LogP contribution in [0.3, 0.4) is 0 Å². The molecule has 2 unspecified atom stereocenters. The number of nitrogens with zero attached hydrogens (tertiary/aromatic N) is 2. The predicted octanol–water partition coefficient (Wildman–Crippen LogP) is 2.06. The normalized spacial score (nSPS) is 22.2. The molecule has 1 N–H and O–H groups in total. The highest BCUT2D eigenvalue weighted by Gasteiger charge is 2.42.